The number of fused-ring (bicyclic) bond motifs is 1. The highest BCUT2D eigenvalue weighted by Gasteiger charge is 2.46. The van der Waals surface area contributed by atoms with Crippen LogP contribution in [0.4, 0.5) is 0 Å². The van der Waals surface area contributed by atoms with Gasteiger partial charge in [-0.05, 0) is 30.5 Å². The Morgan fingerprint density at radius 3 is 2.72 bits per heavy atom. The topological polar surface area (TPSA) is 29.5 Å². The van der Waals surface area contributed by atoms with E-state index < -0.39 is 0 Å². The molecule has 100 valence electrons. The molecule has 0 aromatic rings. The molecule has 2 heterocycles. The predicted molar refractivity (Wildman–Crippen MR) is 70.1 cm³/mol. The molecule has 1 unspecified atom stereocenters. The number of ether oxygens (including phenoxy) is 1. The first-order valence-electron chi connectivity index (χ1n) is 7.08. The first kappa shape index (κ1) is 12.2. The van der Waals surface area contributed by atoms with Crippen molar-refractivity contribution in [3.63, 3.8) is 0 Å². The average molecular weight is 249 g/mol. The van der Waals surface area contributed by atoms with Crippen molar-refractivity contribution in [3.8, 4) is 0 Å². The quantitative estimate of drug-likeness (QED) is 0.713. The van der Waals surface area contributed by atoms with E-state index in [0.717, 1.165) is 32.6 Å². The minimum absolute atomic E-state index is 0.175. The fraction of sp³-hybridized carbons (Fsp3) is 0.800. The zero-order valence-electron chi connectivity index (χ0n) is 11.6. The van der Waals surface area contributed by atoms with Gasteiger partial charge in [-0.2, -0.15) is 0 Å². The minimum atomic E-state index is -0.175. The second kappa shape index (κ2) is 4.09. The summed E-state index contributed by atoms with van der Waals surface area (Å²) in [5.74, 6) is 1.09. The van der Waals surface area contributed by atoms with Crippen molar-refractivity contribution in [1.29, 1.82) is 0 Å². The maximum atomic E-state index is 12.3. The van der Waals surface area contributed by atoms with Crippen LogP contribution in [0.15, 0.2) is 11.8 Å². The van der Waals surface area contributed by atoms with E-state index in [1.54, 1.807) is 0 Å². The van der Waals surface area contributed by atoms with Crippen molar-refractivity contribution in [2.45, 2.75) is 39.7 Å². The van der Waals surface area contributed by atoms with Gasteiger partial charge in [-0.1, -0.05) is 20.8 Å². The van der Waals surface area contributed by atoms with E-state index in [4.69, 9.17) is 4.74 Å². The Morgan fingerprint density at radius 2 is 2.11 bits per heavy atom. The number of ketones is 1. The van der Waals surface area contributed by atoms with Crippen LogP contribution in [0, 0.1) is 17.3 Å². The highest BCUT2D eigenvalue weighted by Crippen LogP contribution is 2.47. The molecule has 1 saturated heterocycles. The molecule has 0 spiro atoms. The van der Waals surface area contributed by atoms with E-state index in [1.807, 2.05) is 0 Å². The molecule has 2 fully saturated rings. The largest absolute Gasteiger partial charge is 0.377 e. The van der Waals surface area contributed by atoms with Crippen LogP contribution in [0.2, 0.25) is 0 Å². The van der Waals surface area contributed by atoms with E-state index in [9.17, 15) is 4.79 Å². The van der Waals surface area contributed by atoms with Gasteiger partial charge in [0.25, 0.3) is 0 Å². The SMILES string of the molecule is CC1CC2=CN(C3COC3)CC[C@@H]2C(C)(C)C1=O. The number of carbonyl (C=O) groups is 1. The highest BCUT2D eigenvalue weighted by molar-refractivity contribution is 5.88. The summed E-state index contributed by atoms with van der Waals surface area (Å²) in [5, 5.41) is 0. The standard InChI is InChI=1S/C15H23NO2/c1-10-6-11-7-16(12-8-18-9-12)5-4-13(11)15(2,3)14(10)17/h7,10,12-13H,4-6,8-9H2,1-3H3/t10?,13-/m0/s1. The van der Waals surface area contributed by atoms with Gasteiger partial charge in [-0.3, -0.25) is 4.79 Å². The minimum Gasteiger partial charge on any atom is -0.377 e. The zero-order chi connectivity index (χ0) is 12.9. The Morgan fingerprint density at radius 1 is 1.39 bits per heavy atom. The second-order valence-corrected chi connectivity index (χ2v) is 6.67. The van der Waals surface area contributed by atoms with Crippen LogP contribution in [-0.4, -0.2) is 36.5 Å². The molecule has 0 N–H and O–H groups in total. The molecule has 3 heteroatoms. The summed E-state index contributed by atoms with van der Waals surface area (Å²) in [4.78, 5) is 14.8. The van der Waals surface area contributed by atoms with E-state index in [0.29, 0.717) is 17.7 Å². The van der Waals surface area contributed by atoms with E-state index in [-0.39, 0.29) is 11.3 Å². The summed E-state index contributed by atoms with van der Waals surface area (Å²) in [6.45, 7) is 9.15. The molecule has 1 aliphatic carbocycles. The Hall–Kier alpha value is -0.830. The molecule has 0 aromatic carbocycles. The van der Waals surface area contributed by atoms with Crippen LogP contribution in [-0.2, 0) is 9.53 Å². The van der Waals surface area contributed by atoms with Crippen LogP contribution in [0.3, 0.4) is 0 Å². The smallest absolute Gasteiger partial charge is 0.142 e. The summed E-state index contributed by atoms with van der Waals surface area (Å²) in [5.41, 5.74) is 1.32. The third-order valence-electron chi connectivity index (χ3n) is 5.04. The van der Waals surface area contributed by atoms with Crippen LogP contribution in [0.1, 0.15) is 33.6 Å². The fourth-order valence-corrected chi connectivity index (χ4v) is 3.81. The van der Waals surface area contributed by atoms with E-state index in [1.165, 1.54) is 5.57 Å². The molecule has 0 amide bonds. The monoisotopic (exact) mass is 249 g/mol. The number of allylic oxidation sites excluding steroid dienone is 1. The number of rotatable bonds is 1. The van der Waals surface area contributed by atoms with Crippen molar-refractivity contribution in [2.24, 2.45) is 17.3 Å². The van der Waals surface area contributed by atoms with Crippen LogP contribution < -0.4 is 0 Å². The maximum Gasteiger partial charge on any atom is 0.142 e. The van der Waals surface area contributed by atoms with E-state index in [2.05, 4.69) is 31.9 Å². The molecule has 1 saturated carbocycles. The van der Waals surface area contributed by atoms with Gasteiger partial charge >= 0.3 is 0 Å². The normalized spacial score (nSPS) is 35.8. The van der Waals surface area contributed by atoms with Gasteiger partial charge in [0.1, 0.15) is 5.78 Å². The summed E-state index contributed by atoms with van der Waals surface area (Å²) in [6.07, 6.45) is 4.41. The molecule has 3 nitrogen and oxygen atoms in total. The van der Waals surface area contributed by atoms with Gasteiger partial charge in [0.05, 0.1) is 19.3 Å². The maximum absolute atomic E-state index is 12.3. The number of carbonyl (C=O) groups excluding carboxylic acids is 1. The lowest BCUT2D eigenvalue weighted by Crippen LogP contribution is -2.51. The van der Waals surface area contributed by atoms with Crippen LogP contribution in [0.5, 0.6) is 0 Å². The predicted octanol–water partition coefficient (Wildman–Crippen LogP) is 2.23. The summed E-state index contributed by atoms with van der Waals surface area (Å²) < 4.78 is 5.28. The van der Waals surface area contributed by atoms with Crippen molar-refractivity contribution in [1.82, 2.24) is 4.90 Å². The lowest BCUT2D eigenvalue weighted by atomic mass is 9.60. The van der Waals surface area contributed by atoms with Crippen molar-refractivity contribution in [2.75, 3.05) is 19.8 Å². The van der Waals surface area contributed by atoms with Crippen LogP contribution >= 0.6 is 0 Å². The number of nitrogens with zero attached hydrogens (tertiary/aromatic N) is 1. The molecule has 3 aliphatic rings. The van der Waals surface area contributed by atoms with Gasteiger partial charge in [-0.15, -0.1) is 0 Å². The lowest BCUT2D eigenvalue weighted by Gasteiger charge is -2.48. The molecule has 3 rings (SSSR count). The molecule has 2 atom stereocenters. The fourth-order valence-electron chi connectivity index (χ4n) is 3.81. The van der Waals surface area contributed by atoms with Gasteiger partial charge in [0.2, 0.25) is 0 Å². The number of hydrogen-bond donors (Lipinski definition) is 0. The Balaban J connectivity index is 1.85. The molecule has 0 radical (unpaired) electrons. The third-order valence-corrected chi connectivity index (χ3v) is 5.04. The van der Waals surface area contributed by atoms with Gasteiger partial charge in [0.15, 0.2) is 0 Å². The third kappa shape index (κ3) is 1.71. The zero-order valence-corrected chi connectivity index (χ0v) is 11.6. The summed E-state index contributed by atoms with van der Waals surface area (Å²) in [6, 6.07) is 0.578. The first-order chi connectivity index (χ1) is 8.50. The average Bonchev–Trinajstić information content (AvgIpc) is 2.24. The Bertz CT molecular complexity index is 395. The molecule has 0 aromatic heterocycles. The van der Waals surface area contributed by atoms with Gasteiger partial charge < -0.3 is 9.64 Å². The van der Waals surface area contributed by atoms with Crippen molar-refractivity contribution < 1.29 is 9.53 Å². The Labute approximate surface area is 109 Å². The molecule has 0 bridgehead atoms. The second-order valence-electron chi connectivity index (χ2n) is 6.67. The number of hydrogen-bond acceptors (Lipinski definition) is 3. The van der Waals surface area contributed by atoms with Crippen molar-refractivity contribution >= 4 is 5.78 Å². The molecular formula is C15H23NO2. The lowest BCUT2D eigenvalue weighted by molar-refractivity contribution is -0.135. The summed E-state index contributed by atoms with van der Waals surface area (Å²) in [7, 11) is 0. The molecular weight excluding hydrogens is 226 g/mol. The number of Topliss-reactive ketones (excluding diaryl/α,β-unsaturated/α-hetero) is 1. The van der Waals surface area contributed by atoms with Crippen LogP contribution in [0.25, 0.3) is 0 Å². The van der Waals surface area contributed by atoms with Crippen molar-refractivity contribution in [3.05, 3.63) is 11.8 Å². The molecule has 2 aliphatic heterocycles. The van der Waals surface area contributed by atoms with E-state index >= 15 is 0 Å². The van der Waals surface area contributed by atoms with Gasteiger partial charge in [0, 0.05) is 17.9 Å². The Kier molecular flexibility index (Phi) is 2.77. The molecule has 18 heavy (non-hydrogen) atoms. The van der Waals surface area contributed by atoms with Gasteiger partial charge in [-0.25, -0.2) is 0 Å². The highest BCUT2D eigenvalue weighted by atomic mass is 16.5. The summed E-state index contributed by atoms with van der Waals surface area (Å²) >= 11 is 0. The first-order valence-corrected chi connectivity index (χ1v) is 7.08.